The second-order valence-electron chi connectivity index (χ2n) is 3.04. The summed E-state index contributed by atoms with van der Waals surface area (Å²) in [5.74, 6) is 0.642. The van der Waals surface area contributed by atoms with Crippen molar-refractivity contribution in [2.75, 3.05) is 14.2 Å². The smallest absolute Gasteiger partial charge is 0.200 e. The molecule has 1 atom stereocenters. The van der Waals surface area contributed by atoms with Gasteiger partial charge in [0, 0.05) is 6.04 Å². The van der Waals surface area contributed by atoms with Gasteiger partial charge in [-0.1, -0.05) is 6.08 Å². The second kappa shape index (κ2) is 6.25. The van der Waals surface area contributed by atoms with Gasteiger partial charge < -0.3 is 20.3 Å². The maximum Gasteiger partial charge on any atom is 0.200 e. The van der Waals surface area contributed by atoms with Crippen LogP contribution in [0.15, 0.2) is 24.8 Å². The van der Waals surface area contributed by atoms with Gasteiger partial charge in [0.25, 0.3) is 0 Å². The number of halogens is 1. The molecule has 0 heterocycles. The number of phenolic OH excluding ortho intramolecular Hbond substituents is 1. The van der Waals surface area contributed by atoms with Gasteiger partial charge in [-0.2, -0.15) is 0 Å². The van der Waals surface area contributed by atoms with Crippen LogP contribution in [0, 0.1) is 0 Å². The first-order valence-corrected chi connectivity index (χ1v) is 4.47. The van der Waals surface area contributed by atoms with Crippen LogP contribution in [0.2, 0.25) is 0 Å². The van der Waals surface area contributed by atoms with Gasteiger partial charge in [0.1, 0.15) is 0 Å². The molecule has 90 valence electrons. The minimum atomic E-state index is -0.312. The Morgan fingerprint density at radius 1 is 1.31 bits per heavy atom. The Kier molecular flexibility index (Phi) is 5.71. The topological polar surface area (TPSA) is 64.7 Å². The summed E-state index contributed by atoms with van der Waals surface area (Å²) < 4.78 is 10.0. The number of hydrogen-bond acceptors (Lipinski definition) is 4. The summed E-state index contributed by atoms with van der Waals surface area (Å²) in [5.41, 5.74) is 6.56. The molecule has 0 spiro atoms. The molecule has 0 unspecified atom stereocenters. The van der Waals surface area contributed by atoms with Crippen molar-refractivity contribution in [3.05, 3.63) is 30.4 Å². The van der Waals surface area contributed by atoms with Crippen LogP contribution in [0.1, 0.15) is 11.6 Å². The van der Waals surface area contributed by atoms with Crippen molar-refractivity contribution in [3.8, 4) is 17.2 Å². The largest absolute Gasteiger partial charge is 0.502 e. The highest BCUT2D eigenvalue weighted by molar-refractivity contribution is 5.85. The highest BCUT2D eigenvalue weighted by atomic mass is 35.5. The van der Waals surface area contributed by atoms with Crippen LogP contribution in [0.5, 0.6) is 17.2 Å². The van der Waals surface area contributed by atoms with E-state index in [1.807, 2.05) is 0 Å². The first-order valence-electron chi connectivity index (χ1n) is 4.47. The number of hydrogen-bond donors (Lipinski definition) is 2. The van der Waals surface area contributed by atoms with E-state index in [0.29, 0.717) is 11.5 Å². The summed E-state index contributed by atoms with van der Waals surface area (Å²) in [6.45, 7) is 3.60. The highest BCUT2D eigenvalue weighted by Gasteiger charge is 2.13. The molecule has 1 aromatic rings. The van der Waals surface area contributed by atoms with Gasteiger partial charge in [0.05, 0.1) is 14.2 Å². The molecule has 0 bridgehead atoms. The molecule has 0 radical (unpaired) electrons. The molecule has 0 aromatic heterocycles. The predicted molar refractivity (Wildman–Crippen MR) is 65.6 cm³/mol. The molecule has 0 aliphatic carbocycles. The summed E-state index contributed by atoms with van der Waals surface area (Å²) in [6.07, 6.45) is 1.60. The van der Waals surface area contributed by atoms with Crippen LogP contribution >= 0.6 is 12.4 Å². The Morgan fingerprint density at radius 2 is 1.75 bits per heavy atom. The third-order valence-electron chi connectivity index (χ3n) is 2.14. The molecule has 0 amide bonds. The van der Waals surface area contributed by atoms with Crippen LogP contribution in [-0.4, -0.2) is 19.3 Å². The minimum Gasteiger partial charge on any atom is -0.502 e. The third kappa shape index (κ3) is 2.81. The molecule has 1 rings (SSSR count). The highest BCUT2D eigenvalue weighted by Crippen LogP contribution is 2.38. The predicted octanol–water partition coefficient (Wildman–Crippen LogP) is 2.02. The van der Waals surface area contributed by atoms with Gasteiger partial charge in [0.15, 0.2) is 11.5 Å². The Morgan fingerprint density at radius 3 is 2.06 bits per heavy atom. The average Bonchev–Trinajstić information content (AvgIpc) is 2.28. The van der Waals surface area contributed by atoms with Gasteiger partial charge >= 0.3 is 0 Å². The molecule has 0 fully saturated rings. The first-order chi connectivity index (χ1) is 7.13. The number of nitrogens with two attached hydrogens (primary N) is 1. The van der Waals surface area contributed by atoms with E-state index in [1.165, 1.54) is 14.2 Å². The lowest BCUT2D eigenvalue weighted by Crippen LogP contribution is -2.07. The van der Waals surface area contributed by atoms with Crippen LogP contribution in [0.25, 0.3) is 0 Å². The molecule has 1 aromatic carbocycles. The number of benzene rings is 1. The second-order valence-corrected chi connectivity index (χ2v) is 3.04. The number of rotatable bonds is 4. The van der Waals surface area contributed by atoms with Crippen molar-refractivity contribution in [3.63, 3.8) is 0 Å². The van der Waals surface area contributed by atoms with Crippen molar-refractivity contribution < 1.29 is 14.6 Å². The molecule has 0 aliphatic heterocycles. The molecule has 0 saturated carbocycles. The van der Waals surface area contributed by atoms with Crippen LogP contribution in [0.3, 0.4) is 0 Å². The van der Waals surface area contributed by atoms with E-state index in [-0.39, 0.29) is 24.2 Å². The van der Waals surface area contributed by atoms with Crippen LogP contribution < -0.4 is 15.2 Å². The number of methoxy groups -OCH3 is 2. The number of aromatic hydroxyl groups is 1. The van der Waals surface area contributed by atoms with Crippen molar-refractivity contribution in [2.45, 2.75) is 6.04 Å². The quantitative estimate of drug-likeness (QED) is 0.797. The van der Waals surface area contributed by atoms with E-state index in [2.05, 4.69) is 6.58 Å². The van der Waals surface area contributed by atoms with E-state index in [1.54, 1.807) is 18.2 Å². The standard InChI is InChI=1S/C11H15NO3.ClH/c1-4-8(12)7-5-9(14-2)11(13)10(6-7)15-3;/h4-6,8,13H,1,12H2,2-3H3;1H/t8-;/m0./s1. The molecule has 16 heavy (non-hydrogen) atoms. The van der Waals surface area contributed by atoms with Gasteiger partial charge in [-0.15, -0.1) is 19.0 Å². The summed E-state index contributed by atoms with van der Waals surface area (Å²) in [5, 5.41) is 9.65. The summed E-state index contributed by atoms with van der Waals surface area (Å²) >= 11 is 0. The van der Waals surface area contributed by atoms with E-state index in [0.717, 1.165) is 5.56 Å². The fraction of sp³-hybridized carbons (Fsp3) is 0.273. The van der Waals surface area contributed by atoms with E-state index in [9.17, 15) is 5.11 Å². The average molecular weight is 246 g/mol. The lowest BCUT2D eigenvalue weighted by molar-refractivity contribution is 0.339. The SMILES string of the molecule is C=C[C@H](N)c1cc(OC)c(O)c(OC)c1.Cl. The molecule has 0 saturated heterocycles. The molecular formula is C11H16ClNO3. The van der Waals surface area contributed by atoms with Gasteiger partial charge in [0.2, 0.25) is 5.75 Å². The molecule has 0 aliphatic rings. The van der Waals surface area contributed by atoms with Crippen LogP contribution in [0.4, 0.5) is 0 Å². The first kappa shape index (κ1) is 14.6. The maximum absolute atomic E-state index is 9.65. The van der Waals surface area contributed by atoms with Crippen molar-refractivity contribution in [2.24, 2.45) is 5.73 Å². The maximum atomic E-state index is 9.65. The van der Waals surface area contributed by atoms with Crippen LogP contribution in [-0.2, 0) is 0 Å². The summed E-state index contributed by atoms with van der Waals surface area (Å²) in [7, 11) is 2.94. The Labute approximate surface area is 101 Å². The summed E-state index contributed by atoms with van der Waals surface area (Å²) in [6, 6.07) is 3.00. The fourth-order valence-electron chi connectivity index (χ4n) is 1.24. The van der Waals surface area contributed by atoms with Gasteiger partial charge in [-0.3, -0.25) is 0 Å². The lowest BCUT2D eigenvalue weighted by Gasteiger charge is -2.13. The molecular weight excluding hydrogens is 230 g/mol. The minimum absolute atomic E-state index is 0. The lowest BCUT2D eigenvalue weighted by atomic mass is 10.1. The van der Waals surface area contributed by atoms with Gasteiger partial charge in [-0.25, -0.2) is 0 Å². The number of ether oxygens (including phenoxy) is 2. The Bertz CT molecular complexity index is 343. The molecule has 3 N–H and O–H groups in total. The third-order valence-corrected chi connectivity index (χ3v) is 2.14. The van der Waals surface area contributed by atoms with E-state index in [4.69, 9.17) is 15.2 Å². The monoisotopic (exact) mass is 245 g/mol. The zero-order chi connectivity index (χ0) is 11.4. The zero-order valence-corrected chi connectivity index (χ0v) is 10.1. The molecule has 5 heteroatoms. The van der Waals surface area contributed by atoms with Crippen molar-refractivity contribution in [1.29, 1.82) is 0 Å². The van der Waals surface area contributed by atoms with E-state index < -0.39 is 0 Å². The van der Waals surface area contributed by atoms with E-state index >= 15 is 0 Å². The molecule has 4 nitrogen and oxygen atoms in total. The van der Waals surface area contributed by atoms with Crippen molar-refractivity contribution in [1.82, 2.24) is 0 Å². The normalized spacial score (nSPS) is 11.2. The Hall–Kier alpha value is -1.39. The number of phenols is 1. The Balaban J connectivity index is 0.00000225. The van der Waals surface area contributed by atoms with Gasteiger partial charge in [-0.05, 0) is 17.7 Å². The summed E-state index contributed by atoms with van der Waals surface area (Å²) in [4.78, 5) is 0. The zero-order valence-electron chi connectivity index (χ0n) is 9.27. The van der Waals surface area contributed by atoms with Crippen molar-refractivity contribution >= 4 is 12.4 Å². The fourth-order valence-corrected chi connectivity index (χ4v) is 1.24.